The molecule has 0 radical (unpaired) electrons. The van der Waals surface area contributed by atoms with Gasteiger partial charge in [-0.25, -0.2) is 4.79 Å². The molecule has 9 nitrogen and oxygen atoms in total. The summed E-state index contributed by atoms with van der Waals surface area (Å²) in [6.07, 6.45) is 2.15. The summed E-state index contributed by atoms with van der Waals surface area (Å²) in [7, 11) is 0. The third kappa shape index (κ3) is 7.90. The van der Waals surface area contributed by atoms with E-state index in [9.17, 15) is 19.2 Å². The van der Waals surface area contributed by atoms with E-state index < -0.39 is 18.0 Å². The Morgan fingerprint density at radius 2 is 1.94 bits per heavy atom. The monoisotopic (exact) mass is 496 g/mol. The van der Waals surface area contributed by atoms with Gasteiger partial charge in [0.05, 0.1) is 11.9 Å². The van der Waals surface area contributed by atoms with Gasteiger partial charge >= 0.3 is 6.09 Å². The van der Waals surface area contributed by atoms with Crippen LogP contribution in [0.25, 0.3) is 0 Å². The molecule has 36 heavy (non-hydrogen) atoms. The summed E-state index contributed by atoms with van der Waals surface area (Å²) in [5, 5.41) is 4.93. The van der Waals surface area contributed by atoms with Crippen molar-refractivity contribution in [3.8, 4) is 0 Å². The number of pyridine rings is 1. The fourth-order valence-electron chi connectivity index (χ4n) is 3.66. The minimum atomic E-state index is -0.673. The average Bonchev–Trinajstić information content (AvgIpc) is 2.84. The maximum Gasteiger partial charge on any atom is 0.412 e. The molecule has 1 aliphatic heterocycles. The van der Waals surface area contributed by atoms with Gasteiger partial charge in [-0.2, -0.15) is 0 Å². The second-order valence-corrected chi connectivity index (χ2v) is 9.39. The van der Waals surface area contributed by atoms with Gasteiger partial charge in [-0.1, -0.05) is 52.8 Å². The zero-order chi connectivity index (χ0) is 26.9. The Hall–Kier alpha value is -3.75. The molecule has 194 valence electrons. The van der Waals surface area contributed by atoms with Gasteiger partial charge in [0.15, 0.2) is 0 Å². The van der Waals surface area contributed by atoms with Crippen molar-refractivity contribution in [3.05, 3.63) is 58.9 Å². The molecule has 1 aromatic heterocycles. The Kier molecular flexibility index (Phi) is 10.1. The highest BCUT2D eigenvalue weighted by Crippen LogP contribution is 2.21. The smallest absolute Gasteiger partial charge is 0.412 e. The van der Waals surface area contributed by atoms with Gasteiger partial charge < -0.3 is 9.64 Å². The van der Waals surface area contributed by atoms with Crippen LogP contribution in [-0.2, 0) is 37.7 Å². The number of imide groups is 1. The number of aryl methyl sites for hydroxylation is 1. The van der Waals surface area contributed by atoms with Crippen LogP contribution in [0.2, 0.25) is 0 Å². The fourth-order valence-corrected chi connectivity index (χ4v) is 3.66. The number of hydrogen-bond acceptors (Lipinski definition) is 6. The molecule has 0 saturated carbocycles. The van der Waals surface area contributed by atoms with Gasteiger partial charge in [-0.3, -0.25) is 30.0 Å². The molecule has 1 unspecified atom stereocenters. The van der Waals surface area contributed by atoms with Crippen LogP contribution >= 0.6 is 0 Å². The summed E-state index contributed by atoms with van der Waals surface area (Å²) >= 11 is 0. The number of ether oxygens (including phenoxy) is 1. The lowest BCUT2D eigenvalue weighted by atomic mass is 9.92. The number of nitrogens with zero attached hydrogens (tertiary/aromatic N) is 2. The first kappa shape index (κ1) is 28.5. The summed E-state index contributed by atoms with van der Waals surface area (Å²) in [5.41, 5.74) is 3.93. The molecular weight excluding hydrogens is 460 g/mol. The van der Waals surface area contributed by atoms with E-state index in [2.05, 4.69) is 36.4 Å². The van der Waals surface area contributed by atoms with E-state index in [1.807, 2.05) is 45.0 Å². The Labute approximate surface area is 212 Å². The van der Waals surface area contributed by atoms with Gasteiger partial charge in [0.1, 0.15) is 12.6 Å². The number of rotatable bonds is 7. The number of amides is 4. The molecule has 1 fully saturated rings. The van der Waals surface area contributed by atoms with Gasteiger partial charge in [-0.05, 0) is 42.2 Å². The summed E-state index contributed by atoms with van der Waals surface area (Å²) in [4.78, 5) is 53.0. The van der Waals surface area contributed by atoms with Crippen LogP contribution in [0.1, 0.15) is 69.8 Å². The highest BCUT2D eigenvalue weighted by molar-refractivity contribution is 6.00. The van der Waals surface area contributed by atoms with Crippen molar-refractivity contribution in [2.45, 2.75) is 79.0 Å². The molecule has 1 aliphatic rings. The third-order valence-corrected chi connectivity index (χ3v) is 5.65. The highest BCUT2D eigenvalue weighted by Gasteiger charge is 2.31. The standard InChI is InChI=1S/C25H30N4O5.C2H6/c1-16-11-17(14-34-24(33)27-19-7-9-21(26-12-19)25(2,3)4)5-6-18(16)13-29(15-30)20-8-10-22(31)28-23(20)32;1-2/h5-7,9,11-12,15,20H,8,10,13-14H2,1-4H3,(H,27,33)(H,28,31,32);1-2H3. The number of benzene rings is 1. The average molecular weight is 497 g/mol. The van der Waals surface area contributed by atoms with Crippen molar-refractivity contribution in [3.63, 3.8) is 0 Å². The molecule has 2 heterocycles. The largest absolute Gasteiger partial charge is 0.444 e. The third-order valence-electron chi connectivity index (χ3n) is 5.65. The highest BCUT2D eigenvalue weighted by atomic mass is 16.5. The first-order valence-corrected chi connectivity index (χ1v) is 12.1. The number of carbonyl (C=O) groups excluding carboxylic acids is 4. The van der Waals surface area contributed by atoms with Crippen LogP contribution in [0, 0.1) is 6.92 Å². The van der Waals surface area contributed by atoms with Gasteiger partial charge in [0.25, 0.3) is 0 Å². The summed E-state index contributed by atoms with van der Waals surface area (Å²) in [6, 6.07) is 8.50. The summed E-state index contributed by atoms with van der Waals surface area (Å²) in [6.45, 7) is 12.4. The number of hydrogen-bond donors (Lipinski definition) is 2. The van der Waals surface area contributed by atoms with Crippen LogP contribution in [0.5, 0.6) is 0 Å². The minimum Gasteiger partial charge on any atom is -0.444 e. The molecule has 1 saturated heterocycles. The molecule has 1 atom stereocenters. The molecule has 0 spiro atoms. The number of anilines is 1. The number of carbonyl (C=O) groups is 4. The van der Waals surface area contributed by atoms with Crippen LogP contribution in [0.4, 0.5) is 10.5 Å². The van der Waals surface area contributed by atoms with Crippen molar-refractivity contribution in [1.82, 2.24) is 15.2 Å². The number of nitrogens with one attached hydrogen (secondary N) is 2. The first-order valence-electron chi connectivity index (χ1n) is 12.1. The van der Waals surface area contributed by atoms with E-state index in [0.717, 1.165) is 22.4 Å². The molecule has 4 amide bonds. The Balaban J connectivity index is 0.00000222. The van der Waals surface area contributed by atoms with E-state index in [0.29, 0.717) is 18.5 Å². The van der Waals surface area contributed by atoms with Crippen LogP contribution in [0.3, 0.4) is 0 Å². The molecule has 3 rings (SSSR count). The zero-order valence-electron chi connectivity index (χ0n) is 21.9. The second kappa shape index (κ2) is 12.8. The number of aromatic nitrogens is 1. The maximum absolute atomic E-state index is 12.2. The predicted molar refractivity (Wildman–Crippen MR) is 137 cm³/mol. The van der Waals surface area contributed by atoms with Crippen LogP contribution < -0.4 is 10.6 Å². The Bertz CT molecular complexity index is 1080. The van der Waals surface area contributed by atoms with Crippen molar-refractivity contribution < 1.29 is 23.9 Å². The van der Waals surface area contributed by atoms with Crippen LogP contribution in [-0.4, -0.2) is 40.2 Å². The molecular formula is C27H36N4O5. The lowest BCUT2D eigenvalue weighted by molar-refractivity contribution is -0.141. The van der Waals surface area contributed by atoms with E-state index in [4.69, 9.17) is 4.74 Å². The van der Waals surface area contributed by atoms with Gasteiger partial charge in [0.2, 0.25) is 18.2 Å². The minimum absolute atomic E-state index is 0.0744. The molecule has 0 aliphatic carbocycles. The molecule has 2 N–H and O–H groups in total. The zero-order valence-corrected chi connectivity index (χ0v) is 21.9. The molecule has 1 aromatic carbocycles. The first-order chi connectivity index (χ1) is 17.1. The van der Waals surface area contributed by atoms with Crippen molar-refractivity contribution in [2.24, 2.45) is 0 Å². The maximum atomic E-state index is 12.2. The van der Waals surface area contributed by atoms with E-state index in [1.54, 1.807) is 12.3 Å². The second-order valence-electron chi connectivity index (χ2n) is 9.39. The topological polar surface area (TPSA) is 118 Å². The SMILES string of the molecule is CC.Cc1cc(COC(=O)Nc2ccc(C(C)(C)C)nc2)ccc1CN(C=O)C1CCC(=O)NC1=O. The van der Waals surface area contributed by atoms with Crippen LogP contribution in [0.15, 0.2) is 36.5 Å². The van der Waals surface area contributed by atoms with E-state index in [1.165, 1.54) is 4.90 Å². The van der Waals surface area contributed by atoms with E-state index >= 15 is 0 Å². The van der Waals surface area contributed by atoms with Gasteiger partial charge in [-0.15, -0.1) is 0 Å². The predicted octanol–water partition coefficient (Wildman–Crippen LogP) is 4.23. The lowest BCUT2D eigenvalue weighted by Gasteiger charge is -2.30. The molecule has 2 aromatic rings. The van der Waals surface area contributed by atoms with Crippen molar-refractivity contribution >= 4 is 30.0 Å². The Morgan fingerprint density at radius 3 is 2.50 bits per heavy atom. The van der Waals surface area contributed by atoms with Crippen molar-refractivity contribution in [1.29, 1.82) is 0 Å². The lowest BCUT2D eigenvalue weighted by Crippen LogP contribution is -2.51. The molecule has 0 bridgehead atoms. The van der Waals surface area contributed by atoms with E-state index in [-0.39, 0.29) is 30.9 Å². The Morgan fingerprint density at radius 1 is 1.22 bits per heavy atom. The van der Waals surface area contributed by atoms with Crippen molar-refractivity contribution in [2.75, 3.05) is 5.32 Å². The summed E-state index contributed by atoms with van der Waals surface area (Å²) in [5.74, 6) is -0.782. The fraction of sp³-hybridized carbons (Fsp3) is 0.444. The normalized spacial score (nSPS) is 15.2. The van der Waals surface area contributed by atoms with Gasteiger partial charge in [0, 0.05) is 24.1 Å². The number of piperidine rings is 1. The molecule has 9 heteroatoms. The summed E-state index contributed by atoms with van der Waals surface area (Å²) < 4.78 is 5.32. The quantitative estimate of drug-likeness (QED) is 0.438.